The van der Waals surface area contributed by atoms with Crippen molar-refractivity contribution in [2.24, 2.45) is 5.92 Å². The number of piperidine rings is 1. The van der Waals surface area contributed by atoms with Gasteiger partial charge in [-0.05, 0) is 43.5 Å². The molecule has 0 spiro atoms. The lowest BCUT2D eigenvalue weighted by Gasteiger charge is -2.36. The van der Waals surface area contributed by atoms with Crippen molar-refractivity contribution in [3.63, 3.8) is 0 Å². The lowest BCUT2D eigenvalue weighted by molar-refractivity contribution is -0.137. The lowest BCUT2D eigenvalue weighted by atomic mass is 9.95. The van der Waals surface area contributed by atoms with E-state index in [-0.39, 0.29) is 31.0 Å². The minimum Gasteiger partial charge on any atom is -0.484 e. The topological polar surface area (TPSA) is 71.8 Å². The van der Waals surface area contributed by atoms with Crippen LogP contribution in [-0.4, -0.2) is 43.1 Å². The first-order chi connectivity index (χ1) is 11.7. The maximum atomic E-state index is 12.5. The molecule has 0 unspecified atom stereocenters. The van der Waals surface area contributed by atoms with Gasteiger partial charge in [0.1, 0.15) is 11.3 Å². The van der Waals surface area contributed by atoms with Crippen LogP contribution in [0.1, 0.15) is 12.8 Å². The molecule has 3 fully saturated rings. The van der Waals surface area contributed by atoms with Crippen LogP contribution in [0.25, 0.3) is 11.0 Å². The van der Waals surface area contributed by atoms with Crippen LogP contribution in [0.2, 0.25) is 0 Å². The number of ether oxygens (including phenoxy) is 1. The van der Waals surface area contributed by atoms with Crippen molar-refractivity contribution in [3.8, 4) is 5.75 Å². The number of halogens is 1. The highest BCUT2D eigenvalue weighted by atomic mass is 35.5. The minimum atomic E-state index is -0.399. The van der Waals surface area contributed by atoms with Gasteiger partial charge in [0, 0.05) is 36.7 Å². The predicted octanol–water partition coefficient (Wildman–Crippen LogP) is 1.80. The second-order valence-corrected chi connectivity index (χ2v) is 6.54. The summed E-state index contributed by atoms with van der Waals surface area (Å²) < 4.78 is 10.8. The van der Waals surface area contributed by atoms with Crippen LogP contribution in [0.4, 0.5) is 0 Å². The summed E-state index contributed by atoms with van der Waals surface area (Å²) in [5, 5.41) is 4.24. The largest absolute Gasteiger partial charge is 0.484 e. The number of nitrogens with zero attached hydrogens (tertiary/aromatic N) is 1. The molecule has 1 amide bonds. The van der Waals surface area contributed by atoms with Crippen LogP contribution in [0.15, 0.2) is 39.5 Å². The quantitative estimate of drug-likeness (QED) is 0.841. The number of carbonyl (C=O) groups excluding carboxylic acids is 1. The molecular formula is C18H21ClN2O4. The fourth-order valence-corrected chi connectivity index (χ4v) is 3.60. The fraction of sp³-hybridized carbons (Fsp3) is 0.444. The van der Waals surface area contributed by atoms with Crippen molar-refractivity contribution in [1.82, 2.24) is 10.2 Å². The highest BCUT2D eigenvalue weighted by Crippen LogP contribution is 2.25. The van der Waals surface area contributed by atoms with Crippen LogP contribution < -0.4 is 15.7 Å². The van der Waals surface area contributed by atoms with Gasteiger partial charge >= 0.3 is 5.63 Å². The first kappa shape index (κ1) is 17.8. The Labute approximate surface area is 151 Å². The van der Waals surface area contributed by atoms with Crippen molar-refractivity contribution in [1.29, 1.82) is 0 Å². The number of nitrogens with one attached hydrogen (secondary N) is 1. The summed E-state index contributed by atoms with van der Waals surface area (Å²) in [4.78, 5) is 25.8. The zero-order valence-electron chi connectivity index (χ0n) is 13.8. The normalized spacial score (nSPS) is 22.3. The number of benzene rings is 1. The van der Waals surface area contributed by atoms with Gasteiger partial charge in [0.2, 0.25) is 0 Å². The van der Waals surface area contributed by atoms with E-state index in [0.29, 0.717) is 17.3 Å². The summed E-state index contributed by atoms with van der Waals surface area (Å²) in [6.07, 6.45) is 2.25. The second-order valence-electron chi connectivity index (χ2n) is 6.54. The summed E-state index contributed by atoms with van der Waals surface area (Å²) in [5.74, 6) is 1.09. The van der Waals surface area contributed by atoms with Crippen LogP contribution >= 0.6 is 12.4 Å². The Morgan fingerprint density at radius 1 is 1.24 bits per heavy atom. The number of hydrogen-bond donors (Lipinski definition) is 1. The molecule has 3 saturated heterocycles. The van der Waals surface area contributed by atoms with E-state index in [1.54, 1.807) is 18.2 Å². The molecule has 2 aromatic rings. The van der Waals surface area contributed by atoms with E-state index < -0.39 is 5.63 Å². The van der Waals surface area contributed by atoms with Gasteiger partial charge in [0.15, 0.2) is 6.61 Å². The van der Waals surface area contributed by atoms with E-state index in [4.69, 9.17) is 9.15 Å². The van der Waals surface area contributed by atoms with Crippen molar-refractivity contribution < 1.29 is 13.9 Å². The average molecular weight is 365 g/mol. The van der Waals surface area contributed by atoms with Gasteiger partial charge in [-0.15, -0.1) is 12.4 Å². The minimum absolute atomic E-state index is 0. The van der Waals surface area contributed by atoms with Gasteiger partial charge in [0.05, 0.1) is 0 Å². The summed E-state index contributed by atoms with van der Waals surface area (Å²) >= 11 is 0. The zero-order valence-corrected chi connectivity index (χ0v) is 14.6. The molecule has 0 aliphatic carbocycles. The molecule has 3 aliphatic rings. The Kier molecular flexibility index (Phi) is 5.30. The summed E-state index contributed by atoms with van der Waals surface area (Å²) in [7, 11) is 0. The molecule has 0 saturated carbocycles. The van der Waals surface area contributed by atoms with Gasteiger partial charge in [-0.25, -0.2) is 4.79 Å². The molecule has 1 aromatic carbocycles. The third-order valence-electron chi connectivity index (χ3n) is 4.89. The fourth-order valence-electron chi connectivity index (χ4n) is 3.60. The third kappa shape index (κ3) is 3.80. The first-order valence-corrected chi connectivity index (χ1v) is 8.36. The van der Waals surface area contributed by atoms with Crippen LogP contribution in [0, 0.1) is 5.92 Å². The molecule has 2 atom stereocenters. The van der Waals surface area contributed by atoms with Crippen molar-refractivity contribution in [2.45, 2.75) is 18.9 Å². The Hall–Kier alpha value is -2.05. The summed E-state index contributed by atoms with van der Waals surface area (Å²) in [5.41, 5.74) is 0.0642. The van der Waals surface area contributed by atoms with Gasteiger partial charge in [0.25, 0.3) is 5.91 Å². The molecule has 25 heavy (non-hydrogen) atoms. The van der Waals surface area contributed by atoms with Crippen LogP contribution in [0.3, 0.4) is 0 Å². The number of rotatable bonds is 3. The van der Waals surface area contributed by atoms with E-state index in [1.807, 2.05) is 11.0 Å². The zero-order chi connectivity index (χ0) is 16.5. The summed E-state index contributed by atoms with van der Waals surface area (Å²) in [6.45, 7) is 2.67. The maximum absolute atomic E-state index is 12.5. The molecule has 5 rings (SSSR count). The highest BCUT2D eigenvalue weighted by Gasteiger charge is 2.34. The molecule has 7 heteroatoms. The lowest BCUT2D eigenvalue weighted by Crippen LogP contribution is -2.48. The highest BCUT2D eigenvalue weighted by molar-refractivity contribution is 5.85. The standard InChI is InChI=1S/C18H20N2O4.ClH/c21-17(20-10-12-1-4-14(20)9-19-8-12)11-23-15-5-2-13-3-6-18(22)24-16(13)7-15;/h2-3,5-7,12,14,19H,1,4,8-11H2;1H/t12-,14+;/m1./s1. The molecule has 2 bridgehead atoms. The van der Waals surface area contributed by atoms with E-state index in [9.17, 15) is 9.59 Å². The predicted molar refractivity (Wildman–Crippen MR) is 96.3 cm³/mol. The molecule has 3 aliphatic heterocycles. The Bertz CT molecular complexity index is 818. The number of hydrogen-bond acceptors (Lipinski definition) is 5. The van der Waals surface area contributed by atoms with Crippen LogP contribution in [-0.2, 0) is 4.79 Å². The SMILES string of the molecule is Cl.O=C(COc1ccc2ccc(=O)oc2c1)N1C[C@@H]2CC[C@H]1CNC2. The van der Waals surface area contributed by atoms with E-state index in [2.05, 4.69) is 5.32 Å². The maximum Gasteiger partial charge on any atom is 0.336 e. The van der Waals surface area contributed by atoms with E-state index in [1.165, 1.54) is 12.5 Å². The molecule has 0 radical (unpaired) electrons. The number of carbonyl (C=O) groups is 1. The number of fused-ring (bicyclic) bond motifs is 5. The molecule has 1 N–H and O–H groups in total. The second kappa shape index (κ2) is 7.45. The molecule has 4 heterocycles. The first-order valence-electron chi connectivity index (χ1n) is 8.36. The van der Waals surface area contributed by atoms with Crippen molar-refractivity contribution in [2.75, 3.05) is 26.2 Å². The van der Waals surface area contributed by atoms with Gasteiger partial charge < -0.3 is 19.4 Å². The van der Waals surface area contributed by atoms with Gasteiger partial charge in [-0.3, -0.25) is 4.79 Å². The molecule has 134 valence electrons. The monoisotopic (exact) mass is 364 g/mol. The van der Waals surface area contributed by atoms with Crippen molar-refractivity contribution >= 4 is 29.3 Å². The van der Waals surface area contributed by atoms with Gasteiger partial charge in [-0.1, -0.05) is 0 Å². The molecular weight excluding hydrogens is 344 g/mol. The summed E-state index contributed by atoms with van der Waals surface area (Å²) in [6, 6.07) is 8.61. The Morgan fingerprint density at radius 3 is 2.96 bits per heavy atom. The molecule has 6 nitrogen and oxygen atoms in total. The average Bonchev–Trinajstić information content (AvgIpc) is 2.95. The van der Waals surface area contributed by atoms with E-state index in [0.717, 1.165) is 31.4 Å². The van der Waals surface area contributed by atoms with Crippen molar-refractivity contribution in [3.05, 3.63) is 40.8 Å². The van der Waals surface area contributed by atoms with E-state index >= 15 is 0 Å². The van der Waals surface area contributed by atoms with Gasteiger partial charge in [-0.2, -0.15) is 0 Å². The third-order valence-corrected chi connectivity index (χ3v) is 4.89. The smallest absolute Gasteiger partial charge is 0.336 e. The number of amides is 1. The van der Waals surface area contributed by atoms with Crippen LogP contribution in [0.5, 0.6) is 5.75 Å². The Balaban J connectivity index is 0.00000182. The Morgan fingerprint density at radius 2 is 2.08 bits per heavy atom. The molecule has 1 aromatic heterocycles.